The first-order chi connectivity index (χ1) is 62.8. The van der Waals surface area contributed by atoms with Crippen LogP contribution in [0.1, 0.15) is 66.8 Å². The molecule has 12 aromatic rings. The summed E-state index contributed by atoms with van der Waals surface area (Å²) in [5.41, 5.74) is 4.02. The van der Waals surface area contributed by atoms with E-state index >= 15 is 0 Å². The van der Waals surface area contributed by atoms with Crippen LogP contribution in [0.3, 0.4) is 0 Å². The van der Waals surface area contributed by atoms with Crippen molar-refractivity contribution < 1.29 is 123 Å². The van der Waals surface area contributed by atoms with Crippen molar-refractivity contribution >= 4 is 67.5 Å². The van der Waals surface area contributed by atoms with Crippen LogP contribution in [-0.2, 0) is 81.7 Å². The zero-order chi connectivity index (χ0) is 95.4. The summed E-state index contributed by atoms with van der Waals surface area (Å²) in [6, 6.07) is 101. The zero-order valence-corrected chi connectivity index (χ0v) is 75.4. The van der Waals surface area contributed by atoms with Crippen molar-refractivity contribution in [3.8, 4) is 23.0 Å². The standard InChI is InChI=1S/C29H33O3S.C25H22F5O3S.C24H20F5O3S.C23H18F5O3S/c1-4-29(17-11-12-18-29)32-27(30)21-31-28-22(2)19-26(20-23(28)3)33(24-13-7-5-8-14-24)25-15-9-6-10-16-25;1-17-13-21(34(19-9-5-3-6-10-19)20-11-7-4-8-12-20)14-18(2)23(17)32-15-22(31)33-16-24(26,27)25(28,29)30;1-17-14-18(31-15-22(30)32-16-23(25,26)24(27,28)29)12-13-21(17)33(19-8-4-2-5-9-19)20-10-6-3-7-11-20;24-22(25,23(26,27)28)16-31-21(29)15-30-17-11-13-20(14-12-17)32(18-7-3-1-4-8-18)19-9-5-2-6-10-19/h5-10,13-16,19-20H,4,11-12,17-18,21H2,1-3H3;3-14H,15-16H2,1-2H3;2-14H,15-16H2,1H3;1-14H,15-16H2/q4*+1. The Kier molecular flexibility index (Phi) is 36.3. The summed E-state index contributed by atoms with van der Waals surface area (Å²) in [5, 5.41) is 0. The lowest BCUT2D eigenvalue weighted by Gasteiger charge is -2.27. The second-order valence-corrected chi connectivity index (χ2v) is 37.9. The van der Waals surface area contributed by atoms with E-state index in [4.69, 9.17) is 23.7 Å². The lowest BCUT2D eigenvalue weighted by atomic mass is 9.99. The van der Waals surface area contributed by atoms with E-state index in [1.165, 1.54) is 14.7 Å². The monoisotopic (exact) mass is 1910 g/mol. The summed E-state index contributed by atoms with van der Waals surface area (Å²) in [4.78, 5) is 60.8. The molecule has 0 unspecified atom stereocenters. The van der Waals surface area contributed by atoms with Crippen molar-refractivity contribution in [2.45, 2.75) is 174 Å². The van der Waals surface area contributed by atoms with Gasteiger partial charge in [0.15, 0.2) is 105 Å². The molecular weight excluding hydrogens is 1820 g/mol. The number of alkyl halides is 15. The third kappa shape index (κ3) is 28.8. The van der Waals surface area contributed by atoms with Gasteiger partial charge in [0.05, 0.1) is 43.6 Å². The molecule has 1 fully saturated rings. The molecule has 0 aliphatic heterocycles. The third-order valence-electron chi connectivity index (χ3n) is 20.0. The number of hydrogen-bond donors (Lipinski definition) is 0. The molecule has 0 bridgehead atoms. The van der Waals surface area contributed by atoms with Gasteiger partial charge in [0.25, 0.3) is 0 Å². The molecule has 694 valence electrons. The second kappa shape index (κ2) is 46.9. The predicted octanol–water partition coefficient (Wildman–Crippen LogP) is 25.7. The van der Waals surface area contributed by atoms with Crippen molar-refractivity contribution in [2.24, 2.45) is 0 Å². The van der Waals surface area contributed by atoms with Gasteiger partial charge in [0, 0.05) is 29.8 Å². The highest BCUT2D eigenvalue weighted by molar-refractivity contribution is 7.98. The van der Waals surface area contributed by atoms with Crippen molar-refractivity contribution in [3.63, 3.8) is 0 Å². The smallest absolute Gasteiger partial charge is 0.456 e. The summed E-state index contributed by atoms with van der Waals surface area (Å²) < 4.78 is 227. The van der Waals surface area contributed by atoms with Crippen LogP contribution in [0, 0.1) is 34.6 Å². The van der Waals surface area contributed by atoms with Crippen molar-refractivity contribution in [1.29, 1.82) is 0 Å². The highest BCUT2D eigenvalue weighted by Gasteiger charge is 2.60. The SMILES string of the molecule is CCC1(OC(=O)COc2c(C)cc([S+](c3ccccc3)c3ccccc3)cc2C)CCCC1.Cc1cc(OCC(=O)OCC(F)(F)C(F)(F)F)ccc1[S+](c1ccccc1)c1ccccc1.Cc1cc([S+](c2ccccc2)c2ccccc2)cc(C)c1OCC(=O)OCC(F)(F)C(F)(F)F.O=C(COc1ccc([S+](c2ccccc2)c2ccccc2)cc1)OCC(F)(F)C(F)(F)F. The van der Waals surface area contributed by atoms with Crippen molar-refractivity contribution in [1.82, 2.24) is 0 Å². The Bertz CT molecular complexity index is 5480. The van der Waals surface area contributed by atoms with E-state index < -0.39 is 127 Å². The normalized spacial score (nSPS) is 12.7. The molecule has 0 heterocycles. The second-order valence-electron chi connectivity index (χ2n) is 29.9. The highest BCUT2D eigenvalue weighted by atomic mass is 32.2. The van der Waals surface area contributed by atoms with E-state index in [-0.39, 0.29) is 40.6 Å². The average molecular weight is 1910 g/mol. The van der Waals surface area contributed by atoms with Crippen molar-refractivity contribution in [3.05, 3.63) is 337 Å². The number of hydrogen-bond acceptors (Lipinski definition) is 12. The first-order valence-electron chi connectivity index (χ1n) is 41.1. The van der Waals surface area contributed by atoms with E-state index in [9.17, 15) is 85.0 Å². The molecule has 13 rings (SSSR count). The van der Waals surface area contributed by atoms with Crippen LogP contribution in [0.5, 0.6) is 23.0 Å². The van der Waals surface area contributed by atoms with Gasteiger partial charge in [0.2, 0.25) is 0 Å². The zero-order valence-electron chi connectivity index (χ0n) is 72.1. The fraction of sp³-hybridized carbons (Fsp3) is 0.248. The Morgan fingerprint density at radius 1 is 0.280 bits per heavy atom. The van der Waals surface area contributed by atoms with E-state index in [2.05, 4.69) is 108 Å². The largest absolute Gasteiger partial charge is 0.482 e. The van der Waals surface area contributed by atoms with Crippen LogP contribution in [0.4, 0.5) is 65.9 Å². The van der Waals surface area contributed by atoms with Crippen LogP contribution in [-0.4, -0.2) is 112 Å². The maximum atomic E-state index is 12.9. The number of carbonyl (C=O) groups is 4. The minimum atomic E-state index is -5.80. The van der Waals surface area contributed by atoms with Crippen molar-refractivity contribution in [2.75, 3.05) is 46.2 Å². The molecule has 31 heteroatoms. The quantitative estimate of drug-likeness (QED) is 0.0171. The van der Waals surface area contributed by atoms with Crippen LogP contribution >= 0.6 is 0 Å². The molecule has 0 N–H and O–H groups in total. The molecule has 1 aliphatic carbocycles. The third-order valence-corrected chi connectivity index (χ3v) is 29.0. The molecule has 0 radical (unpaired) electrons. The summed E-state index contributed by atoms with van der Waals surface area (Å²) in [6.07, 6.45) is -12.3. The average Bonchev–Trinajstić information content (AvgIpc) is 0.819. The first-order valence-corrected chi connectivity index (χ1v) is 46.0. The molecule has 0 spiro atoms. The molecule has 1 aliphatic rings. The van der Waals surface area contributed by atoms with Crippen LogP contribution < -0.4 is 18.9 Å². The number of esters is 4. The van der Waals surface area contributed by atoms with Gasteiger partial charge in [-0.3, -0.25) is 0 Å². The van der Waals surface area contributed by atoms with Gasteiger partial charge in [-0.15, -0.1) is 0 Å². The molecule has 0 amide bonds. The van der Waals surface area contributed by atoms with Crippen LogP contribution in [0.15, 0.2) is 368 Å². The summed E-state index contributed by atoms with van der Waals surface area (Å²) in [7, 11) is -1.43. The Hall–Kier alpha value is -11.9. The lowest BCUT2D eigenvalue weighted by molar-refractivity contribution is -0.294. The van der Waals surface area contributed by atoms with E-state index in [1.807, 2.05) is 219 Å². The number of carbonyl (C=O) groups excluding carboxylic acids is 4. The molecule has 12 nitrogen and oxygen atoms in total. The minimum absolute atomic E-state index is 0.0497. The molecule has 0 atom stereocenters. The first kappa shape index (κ1) is 102. The molecule has 132 heavy (non-hydrogen) atoms. The minimum Gasteiger partial charge on any atom is -0.482 e. The van der Waals surface area contributed by atoms with Gasteiger partial charge in [-0.1, -0.05) is 153 Å². The Balaban J connectivity index is 0.000000183. The van der Waals surface area contributed by atoms with Gasteiger partial charge in [-0.05, 0) is 229 Å². The Labute approximate surface area is 766 Å². The highest BCUT2D eigenvalue weighted by Crippen LogP contribution is 2.44. The van der Waals surface area contributed by atoms with Crippen LogP contribution in [0.2, 0.25) is 0 Å². The molecule has 12 aromatic carbocycles. The fourth-order valence-electron chi connectivity index (χ4n) is 13.4. The van der Waals surface area contributed by atoms with Gasteiger partial charge in [0.1, 0.15) is 28.6 Å². The van der Waals surface area contributed by atoms with Gasteiger partial charge in [-0.25, -0.2) is 19.2 Å². The number of aryl methyl sites for hydroxylation is 5. The number of ether oxygens (including phenoxy) is 8. The number of benzene rings is 12. The van der Waals surface area contributed by atoms with Crippen LogP contribution in [0.25, 0.3) is 0 Å². The topological polar surface area (TPSA) is 142 Å². The van der Waals surface area contributed by atoms with E-state index in [1.54, 1.807) is 38.1 Å². The van der Waals surface area contributed by atoms with Gasteiger partial charge >= 0.3 is 60.2 Å². The van der Waals surface area contributed by atoms with Gasteiger partial charge < -0.3 is 37.9 Å². The lowest BCUT2D eigenvalue weighted by Crippen LogP contribution is -2.41. The van der Waals surface area contributed by atoms with E-state index in [0.29, 0.717) is 16.9 Å². The summed E-state index contributed by atoms with van der Waals surface area (Å²) >= 11 is 0. The predicted molar refractivity (Wildman–Crippen MR) is 475 cm³/mol. The molecule has 0 aromatic heterocycles. The number of halogens is 15. The molecule has 1 saturated carbocycles. The summed E-state index contributed by atoms with van der Waals surface area (Å²) in [5.74, 6) is -18.0. The van der Waals surface area contributed by atoms with E-state index in [0.717, 1.165) is 98.6 Å². The molecular formula is C101H93F15O12S4+4. The van der Waals surface area contributed by atoms with Gasteiger partial charge in [-0.2, -0.15) is 65.9 Å². The Morgan fingerprint density at radius 3 is 0.795 bits per heavy atom. The number of rotatable bonds is 32. The summed E-state index contributed by atoms with van der Waals surface area (Å²) in [6.45, 7) is 2.92. The fourth-order valence-corrected chi connectivity index (χ4v) is 22.3. The maximum absolute atomic E-state index is 12.9. The maximum Gasteiger partial charge on any atom is 0.456 e. The molecule has 0 saturated heterocycles. The Morgan fingerprint density at radius 2 is 0.523 bits per heavy atom.